The van der Waals surface area contributed by atoms with Crippen molar-refractivity contribution < 1.29 is 18.0 Å². The Morgan fingerprint density at radius 1 is 0.923 bits per heavy atom. The number of halogens is 1. The average Bonchev–Trinajstić information content (AvgIpc) is 2.90. The third kappa shape index (κ3) is 7.61. The van der Waals surface area contributed by atoms with E-state index in [-0.39, 0.29) is 17.3 Å². The first-order valence-electron chi connectivity index (χ1n) is 12.9. The molecule has 3 aromatic carbocycles. The second kappa shape index (κ2) is 13.1. The molecule has 0 aliphatic carbocycles. The number of sulfonamides is 1. The fourth-order valence-corrected chi connectivity index (χ4v) is 5.82. The van der Waals surface area contributed by atoms with Gasteiger partial charge in [0.2, 0.25) is 11.8 Å². The number of amides is 2. The summed E-state index contributed by atoms with van der Waals surface area (Å²) < 4.78 is 28.9. The largest absolute Gasteiger partial charge is 0.354 e. The normalized spacial score (nSPS) is 12.1. The minimum absolute atomic E-state index is 0.0640. The van der Waals surface area contributed by atoms with E-state index < -0.39 is 28.5 Å². The Labute approximate surface area is 236 Å². The molecule has 0 saturated carbocycles. The van der Waals surface area contributed by atoms with E-state index in [1.54, 1.807) is 44.2 Å². The number of carbonyl (C=O) groups is 2. The van der Waals surface area contributed by atoms with Gasteiger partial charge in [-0.15, -0.1) is 0 Å². The number of aryl methyl sites for hydroxylation is 3. The summed E-state index contributed by atoms with van der Waals surface area (Å²) in [6.07, 6.45) is 0.753. The maximum absolute atomic E-state index is 13.9. The molecule has 0 aliphatic heterocycles. The van der Waals surface area contributed by atoms with Crippen molar-refractivity contribution in [1.29, 1.82) is 0 Å². The summed E-state index contributed by atoms with van der Waals surface area (Å²) in [5.74, 6) is -0.798. The van der Waals surface area contributed by atoms with Gasteiger partial charge in [-0.2, -0.15) is 0 Å². The number of nitrogens with zero attached hydrogens (tertiary/aromatic N) is 2. The molecule has 0 radical (unpaired) electrons. The Morgan fingerprint density at radius 3 is 2.08 bits per heavy atom. The van der Waals surface area contributed by atoms with Crippen LogP contribution in [0.1, 0.15) is 42.5 Å². The highest BCUT2D eigenvalue weighted by molar-refractivity contribution is 7.92. The minimum atomic E-state index is -4.13. The van der Waals surface area contributed by atoms with Gasteiger partial charge in [-0.05, 0) is 75.6 Å². The maximum Gasteiger partial charge on any atom is 0.264 e. The fourth-order valence-electron chi connectivity index (χ4n) is 4.12. The van der Waals surface area contributed by atoms with Gasteiger partial charge in [-0.25, -0.2) is 8.42 Å². The number of hydrogen-bond acceptors (Lipinski definition) is 4. The van der Waals surface area contributed by atoms with Crippen LogP contribution in [0.15, 0.2) is 71.6 Å². The van der Waals surface area contributed by atoms with E-state index in [1.165, 1.54) is 17.0 Å². The number of rotatable bonds is 11. The predicted molar refractivity (Wildman–Crippen MR) is 156 cm³/mol. The molecule has 208 valence electrons. The molecule has 0 heterocycles. The van der Waals surface area contributed by atoms with E-state index in [1.807, 2.05) is 45.0 Å². The van der Waals surface area contributed by atoms with E-state index in [0.717, 1.165) is 27.4 Å². The Bertz CT molecular complexity index is 1410. The van der Waals surface area contributed by atoms with Gasteiger partial charge in [0.1, 0.15) is 12.6 Å². The van der Waals surface area contributed by atoms with Crippen LogP contribution in [0, 0.1) is 20.8 Å². The van der Waals surface area contributed by atoms with Crippen LogP contribution >= 0.6 is 11.6 Å². The minimum Gasteiger partial charge on any atom is -0.354 e. The summed E-state index contributed by atoms with van der Waals surface area (Å²) >= 11 is 6.16. The van der Waals surface area contributed by atoms with E-state index in [9.17, 15) is 18.0 Å². The van der Waals surface area contributed by atoms with Crippen LogP contribution in [0.25, 0.3) is 0 Å². The van der Waals surface area contributed by atoms with Gasteiger partial charge in [-0.1, -0.05) is 66.0 Å². The summed E-state index contributed by atoms with van der Waals surface area (Å²) in [5.41, 5.74) is 3.76. The molecular weight excluding hydrogens is 534 g/mol. The van der Waals surface area contributed by atoms with E-state index >= 15 is 0 Å². The number of anilines is 1. The second-order valence-electron chi connectivity index (χ2n) is 9.73. The van der Waals surface area contributed by atoms with Crippen molar-refractivity contribution in [3.05, 3.63) is 94.0 Å². The maximum atomic E-state index is 13.9. The van der Waals surface area contributed by atoms with Crippen LogP contribution in [-0.4, -0.2) is 44.3 Å². The molecule has 1 unspecified atom stereocenters. The number of hydrogen-bond donors (Lipinski definition) is 1. The van der Waals surface area contributed by atoms with Crippen molar-refractivity contribution in [2.24, 2.45) is 0 Å². The number of benzene rings is 3. The first-order chi connectivity index (χ1) is 18.4. The molecule has 0 spiro atoms. The topological polar surface area (TPSA) is 86.8 Å². The third-order valence-corrected chi connectivity index (χ3v) is 8.51. The molecule has 0 aromatic heterocycles. The number of carbonyl (C=O) groups excluding carboxylic acids is 2. The van der Waals surface area contributed by atoms with Crippen LogP contribution < -0.4 is 9.62 Å². The molecule has 0 fully saturated rings. The van der Waals surface area contributed by atoms with Gasteiger partial charge >= 0.3 is 0 Å². The van der Waals surface area contributed by atoms with Crippen molar-refractivity contribution in [3.8, 4) is 0 Å². The van der Waals surface area contributed by atoms with Gasteiger partial charge < -0.3 is 10.2 Å². The SMILES string of the molecule is CCCNC(=O)C(C)N(Cc1ccc(C)cc1)C(=O)CN(c1ccc(Cl)cc1C)S(=O)(=O)c1ccc(C)cc1. The molecule has 1 atom stereocenters. The first kappa shape index (κ1) is 30.2. The molecule has 9 heteroatoms. The Hall–Kier alpha value is -3.36. The lowest BCUT2D eigenvalue weighted by Crippen LogP contribution is -2.51. The van der Waals surface area contributed by atoms with Crippen LogP contribution in [0.3, 0.4) is 0 Å². The standard InChI is InChI=1S/C30H36ClN3O4S/c1-6-17-32-30(36)24(5)33(19-25-11-7-21(2)8-12-25)29(35)20-34(28-16-13-26(31)18-23(28)4)39(37,38)27-14-9-22(3)10-15-27/h7-16,18,24H,6,17,19-20H2,1-5H3,(H,32,36). The highest BCUT2D eigenvalue weighted by atomic mass is 35.5. The molecule has 0 saturated heterocycles. The summed E-state index contributed by atoms with van der Waals surface area (Å²) in [6, 6.07) is 18.2. The molecule has 3 aromatic rings. The zero-order chi connectivity index (χ0) is 28.7. The van der Waals surface area contributed by atoms with Crippen molar-refractivity contribution in [2.75, 3.05) is 17.4 Å². The van der Waals surface area contributed by atoms with Gasteiger partial charge in [0, 0.05) is 18.1 Å². The molecule has 0 bridgehead atoms. The summed E-state index contributed by atoms with van der Waals surface area (Å²) in [7, 11) is -4.13. The Morgan fingerprint density at radius 2 is 1.51 bits per heavy atom. The van der Waals surface area contributed by atoms with Crippen molar-refractivity contribution in [2.45, 2.75) is 58.5 Å². The van der Waals surface area contributed by atoms with Crippen molar-refractivity contribution in [3.63, 3.8) is 0 Å². The van der Waals surface area contributed by atoms with E-state index in [4.69, 9.17) is 11.6 Å². The molecule has 2 amide bonds. The number of nitrogens with one attached hydrogen (secondary N) is 1. The zero-order valence-electron chi connectivity index (χ0n) is 23.1. The Kier molecular flexibility index (Phi) is 10.2. The molecular formula is C30H36ClN3O4S. The lowest BCUT2D eigenvalue weighted by molar-refractivity contribution is -0.139. The van der Waals surface area contributed by atoms with Crippen LogP contribution in [0.4, 0.5) is 5.69 Å². The third-order valence-electron chi connectivity index (χ3n) is 6.51. The van der Waals surface area contributed by atoms with Gasteiger partial charge in [0.15, 0.2) is 0 Å². The first-order valence-corrected chi connectivity index (χ1v) is 14.7. The fraction of sp³-hybridized carbons (Fsp3) is 0.333. The smallest absolute Gasteiger partial charge is 0.264 e. The highest BCUT2D eigenvalue weighted by Crippen LogP contribution is 2.29. The lowest BCUT2D eigenvalue weighted by Gasteiger charge is -2.32. The van der Waals surface area contributed by atoms with Crippen LogP contribution in [0.5, 0.6) is 0 Å². The summed E-state index contributed by atoms with van der Waals surface area (Å²) in [4.78, 5) is 28.4. The molecule has 39 heavy (non-hydrogen) atoms. The second-order valence-corrected chi connectivity index (χ2v) is 12.0. The van der Waals surface area contributed by atoms with Gasteiger partial charge in [-0.3, -0.25) is 13.9 Å². The summed E-state index contributed by atoms with van der Waals surface area (Å²) in [5, 5.41) is 3.30. The van der Waals surface area contributed by atoms with Crippen molar-refractivity contribution >= 4 is 39.1 Å². The molecule has 3 rings (SSSR count). The van der Waals surface area contributed by atoms with E-state index in [0.29, 0.717) is 22.8 Å². The van der Waals surface area contributed by atoms with Gasteiger partial charge in [0.25, 0.3) is 10.0 Å². The highest BCUT2D eigenvalue weighted by Gasteiger charge is 2.33. The van der Waals surface area contributed by atoms with Crippen LogP contribution in [-0.2, 0) is 26.2 Å². The average molecular weight is 570 g/mol. The molecule has 1 N–H and O–H groups in total. The quantitative estimate of drug-likeness (QED) is 0.335. The molecule has 0 aliphatic rings. The van der Waals surface area contributed by atoms with Crippen molar-refractivity contribution in [1.82, 2.24) is 10.2 Å². The van der Waals surface area contributed by atoms with Gasteiger partial charge in [0.05, 0.1) is 10.6 Å². The predicted octanol–water partition coefficient (Wildman–Crippen LogP) is 5.40. The Balaban J connectivity index is 2.05. The zero-order valence-corrected chi connectivity index (χ0v) is 24.6. The molecule has 7 nitrogen and oxygen atoms in total. The summed E-state index contributed by atoms with van der Waals surface area (Å²) in [6.45, 7) is 9.33. The monoisotopic (exact) mass is 569 g/mol. The lowest BCUT2D eigenvalue weighted by atomic mass is 10.1. The van der Waals surface area contributed by atoms with Crippen LogP contribution in [0.2, 0.25) is 5.02 Å². The van der Waals surface area contributed by atoms with E-state index in [2.05, 4.69) is 5.32 Å².